The van der Waals surface area contributed by atoms with Crippen LogP contribution in [0.1, 0.15) is 66.0 Å². The minimum absolute atomic E-state index is 0.0682. The Balaban J connectivity index is 1.47. The summed E-state index contributed by atoms with van der Waals surface area (Å²) in [6.45, 7) is 4.81. The van der Waals surface area contributed by atoms with Gasteiger partial charge in [-0.25, -0.2) is 0 Å². The molecule has 1 saturated carbocycles. The van der Waals surface area contributed by atoms with Crippen LogP contribution in [0.15, 0.2) is 97.1 Å². The first-order chi connectivity index (χ1) is 18.0. The van der Waals surface area contributed by atoms with E-state index in [-0.39, 0.29) is 5.41 Å². The lowest BCUT2D eigenvalue weighted by molar-refractivity contribution is 0.367. The van der Waals surface area contributed by atoms with Gasteiger partial charge in [-0.2, -0.15) is 0 Å². The van der Waals surface area contributed by atoms with Crippen LogP contribution in [0.25, 0.3) is 21.5 Å². The van der Waals surface area contributed by atoms with E-state index in [1.165, 1.54) is 38.6 Å². The third kappa shape index (κ3) is 3.78. The first-order valence-electron chi connectivity index (χ1n) is 13.1. The first kappa shape index (κ1) is 21.9. The normalized spacial score (nSPS) is 17.1. The molecule has 37 heavy (non-hydrogen) atoms. The third-order valence-corrected chi connectivity index (χ3v) is 8.37. The zero-order chi connectivity index (χ0) is 25.0. The molecule has 0 saturated heterocycles. The third-order valence-electron chi connectivity index (χ3n) is 8.37. The summed E-state index contributed by atoms with van der Waals surface area (Å²) in [4.78, 5) is 0. The molecule has 1 unspecified atom stereocenters. The molecule has 5 aromatic carbocycles. The van der Waals surface area contributed by atoms with Crippen LogP contribution < -0.4 is 0 Å². The van der Waals surface area contributed by atoms with Crippen molar-refractivity contribution < 1.29 is 0 Å². The van der Waals surface area contributed by atoms with Crippen molar-refractivity contribution in [3.63, 3.8) is 0 Å². The second-order valence-electron chi connectivity index (χ2n) is 10.9. The molecule has 0 aliphatic heterocycles. The smallest absolute Gasteiger partial charge is 0.0616 e. The molecule has 0 N–H and O–H groups in total. The van der Waals surface area contributed by atoms with Crippen molar-refractivity contribution >= 4 is 21.5 Å². The van der Waals surface area contributed by atoms with E-state index in [4.69, 9.17) is 0 Å². The molecular weight excluding hydrogens is 444 g/mol. The van der Waals surface area contributed by atoms with Crippen molar-refractivity contribution in [1.82, 2.24) is 0 Å². The van der Waals surface area contributed by atoms with Gasteiger partial charge in [-0.15, -0.1) is 0 Å². The lowest BCUT2D eigenvalue weighted by Gasteiger charge is -2.29. The van der Waals surface area contributed by atoms with Gasteiger partial charge in [-0.3, -0.25) is 0 Å². The Morgan fingerprint density at radius 2 is 1.16 bits per heavy atom. The predicted molar refractivity (Wildman–Crippen MR) is 154 cm³/mol. The lowest BCUT2D eigenvalue weighted by atomic mass is 9.70. The van der Waals surface area contributed by atoms with Crippen molar-refractivity contribution in [1.29, 1.82) is 0 Å². The molecule has 2 aliphatic carbocycles. The average Bonchev–Trinajstić information content (AvgIpc) is 3.24. The van der Waals surface area contributed by atoms with Gasteiger partial charge in [0.2, 0.25) is 0 Å². The monoisotopic (exact) mass is 471 g/mol. The molecule has 7 rings (SSSR count). The van der Waals surface area contributed by atoms with Gasteiger partial charge in [0.05, 0.1) is 11.6 Å². The Kier molecular flexibility index (Phi) is 4.92. The topological polar surface area (TPSA) is 0 Å². The summed E-state index contributed by atoms with van der Waals surface area (Å²) in [5.74, 6) is 15.8. The second-order valence-corrected chi connectivity index (χ2v) is 10.9. The molecule has 0 nitrogen and oxygen atoms in total. The van der Waals surface area contributed by atoms with E-state index in [2.05, 4.69) is 135 Å². The Labute approximate surface area is 219 Å². The standard InChI is InChI=1S/C37H27/c1-37(2)35-19-20-36(37)32-8-4-6-26(22-32)10-12-28-14-16-30-18-17-29-15-13-27(23-33(29)34(30)24-28)11-9-25-5-3-7-31(35)21-25/h3-8,13-18,21-24,35H,19-20H2,1-2H3/q+1. The Bertz CT molecular complexity index is 1690. The molecule has 0 amide bonds. The van der Waals surface area contributed by atoms with Gasteiger partial charge in [0, 0.05) is 46.4 Å². The maximum atomic E-state index is 3.46. The zero-order valence-electron chi connectivity index (χ0n) is 21.2. The predicted octanol–water partition coefficient (Wildman–Crippen LogP) is 8.63. The SMILES string of the molecule is CC1(C)[C+]2CCC1c1cccc(c1)C#Cc1ccc3ccc4ccc(cc4c3c1)C#Cc1cccc2c1. The van der Waals surface area contributed by atoms with Crippen LogP contribution >= 0.6 is 0 Å². The second kappa shape index (κ2) is 8.34. The highest BCUT2D eigenvalue weighted by Crippen LogP contribution is 2.56. The highest BCUT2D eigenvalue weighted by atomic mass is 14.5. The Morgan fingerprint density at radius 1 is 0.622 bits per heavy atom. The maximum Gasteiger partial charge on any atom is 0.134 e. The van der Waals surface area contributed by atoms with E-state index in [0.29, 0.717) is 5.92 Å². The summed E-state index contributed by atoms with van der Waals surface area (Å²) in [6.07, 6.45) is 2.26. The first-order valence-corrected chi connectivity index (χ1v) is 13.1. The van der Waals surface area contributed by atoms with Gasteiger partial charge in [-0.1, -0.05) is 54.2 Å². The van der Waals surface area contributed by atoms with Crippen LogP contribution in [0.5, 0.6) is 0 Å². The van der Waals surface area contributed by atoms with Crippen molar-refractivity contribution in [3.05, 3.63) is 136 Å². The summed E-state index contributed by atoms with van der Waals surface area (Å²) in [6, 6.07) is 35.2. The van der Waals surface area contributed by atoms with E-state index in [1.54, 1.807) is 0 Å². The van der Waals surface area contributed by atoms with Gasteiger partial charge in [0.15, 0.2) is 0 Å². The van der Waals surface area contributed by atoms with Crippen LogP contribution in [0, 0.1) is 35.0 Å². The van der Waals surface area contributed by atoms with Crippen LogP contribution in [0.3, 0.4) is 0 Å². The van der Waals surface area contributed by atoms with Gasteiger partial charge < -0.3 is 0 Å². The Hall–Kier alpha value is -4.39. The summed E-state index contributed by atoms with van der Waals surface area (Å²) in [5, 5.41) is 4.88. The molecule has 0 spiro atoms. The highest BCUT2D eigenvalue weighted by Gasteiger charge is 2.49. The highest BCUT2D eigenvalue weighted by molar-refractivity contribution is 6.08. The summed E-state index contributed by atoms with van der Waals surface area (Å²) >= 11 is 0. The minimum atomic E-state index is 0.0682. The quantitative estimate of drug-likeness (QED) is 0.120. The molecule has 0 radical (unpaired) electrons. The fourth-order valence-corrected chi connectivity index (χ4v) is 6.39. The number of rotatable bonds is 0. The number of hydrogen-bond donors (Lipinski definition) is 0. The molecule has 5 aromatic rings. The van der Waals surface area contributed by atoms with Crippen molar-refractivity contribution in [2.75, 3.05) is 0 Å². The van der Waals surface area contributed by atoms with Gasteiger partial charge in [-0.05, 0) is 102 Å². The summed E-state index contributed by atoms with van der Waals surface area (Å²) < 4.78 is 0. The van der Waals surface area contributed by atoms with Crippen LogP contribution in [0.2, 0.25) is 0 Å². The van der Waals surface area contributed by atoms with Crippen molar-refractivity contribution in [2.45, 2.75) is 32.6 Å². The van der Waals surface area contributed by atoms with Crippen LogP contribution in [-0.4, -0.2) is 0 Å². The van der Waals surface area contributed by atoms with E-state index < -0.39 is 0 Å². The molecule has 0 aromatic heterocycles. The lowest BCUT2D eigenvalue weighted by Crippen LogP contribution is -2.23. The van der Waals surface area contributed by atoms with E-state index >= 15 is 0 Å². The molecule has 1 fully saturated rings. The average molecular weight is 472 g/mol. The summed E-state index contributed by atoms with van der Waals surface area (Å²) in [7, 11) is 0. The van der Waals surface area contributed by atoms with E-state index in [9.17, 15) is 0 Å². The Morgan fingerprint density at radius 3 is 1.81 bits per heavy atom. The molecular formula is C37H27+. The van der Waals surface area contributed by atoms with Gasteiger partial charge >= 0.3 is 0 Å². The van der Waals surface area contributed by atoms with Gasteiger partial charge in [0.1, 0.15) is 5.56 Å². The van der Waals surface area contributed by atoms with Crippen molar-refractivity contribution in [2.24, 2.45) is 5.41 Å². The van der Waals surface area contributed by atoms with Crippen LogP contribution in [-0.2, 0) is 0 Å². The molecule has 0 heterocycles. The number of benzene rings is 5. The fourth-order valence-electron chi connectivity index (χ4n) is 6.39. The fraction of sp³-hybridized carbons (Fsp3) is 0.162. The molecule has 174 valence electrons. The zero-order valence-corrected chi connectivity index (χ0v) is 21.2. The minimum Gasteiger partial charge on any atom is -0.0616 e. The number of hydrogen-bond acceptors (Lipinski definition) is 0. The largest absolute Gasteiger partial charge is 0.134 e. The van der Waals surface area contributed by atoms with Crippen LogP contribution in [0.4, 0.5) is 0 Å². The molecule has 2 aliphatic rings. The van der Waals surface area contributed by atoms with E-state index in [0.717, 1.165) is 35.1 Å². The van der Waals surface area contributed by atoms with Crippen molar-refractivity contribution in [3.8, 4) is 23.7 Å². The molecule has 0 heteroatoms. The molecule has 1 atom stereocenters. The summed E-state index contributed by atoms with van der Waals surface area (Å²) in [5.41, 5.74) is 6.99. The maximum absolute atomic E-state index is 3.46. The molecule has 10 bridgehead atoms. The van der Waals surface area contributed by atoms with E-state index in [1.807, 2.05) is 0 Å². The number of fused-ring (bicyclic) bond motifs is 10. The van der Waals surface area contributed by atoms with Gasteiger partial charge in [0.25, 0.3) is 0 Å².